The fraction of sp³-hybridized carbons (Fsp3) is 0.368. The molecule has 4 N–H and O–H groups in total. The van der Waals surface area contributed by atoms with Crippen LogP contribution in [0.25, 0.3) is 0 Å². The maximum absolute atomic E-state index is 5.76. The minimum atomic E-state index is 0.154. The Morgan fingerprint density at radius 3 is 1.39 bits per heavy atom. The summed E-state index contributed by atoms with van der Waals surface area (Å²) in [7, 11) is 0. The Bertz CT molecular complexity index is 538. The van der Waals surface area contributed by atoms with Crippen molar-refractivity contribution in [2.24, 2.45) is 5.41 Å². The first-order valence-corrected chi connectivity index (χ1v) is 7.91. The van der Waals surface area contributed by atoms with Crippen molar-refractivity contribution in [2.45, 2.75) is 26.7 Å². The molecule has 0 spiro atoms. The van der Waals surface area contributed by atoms with Crippen LogP contribution in [0.2, 0.25) is 0 Å². The third kappa shape index (κ3) is 6.10. The smallest absolute Gasteiger partial charge is 0.119 e. The number of nitrogens with two attached hydrogens (primary N) is 2. The van der Waals surface area contributed by atoms with Gasteiger partial charge in [0.25, 0.3) is 0 Å². The Balaban J connectivity index is 1.69. The Morgan fingerprint density at radius 2 is 1.04 bits per heavy atom. The molecule has 23 heavy (non-hydrogen) atoms. The summed E-state index contributed by atoms with van der Waals surface area (Å²) in [6, 6.07) is 15.0. The third-order valence-corrected chi connectivity index (χ3v) is 3.86. The van der Waals surface area contributed by atoms with Gasteiger partial charge in [0.2, 0.25) is 0 Å². The second-order valence-electron chi connectivity index (χ2n) is 6.50. The lowest BCUT2D eigenvalue weighted by Gasteiger charge is -2.24. The highest BCUT2D eigenvalue weighted by atomic mass is 16.5. The van der Waals surface area contributed by atoms with E-state index in [1.54, 1.807) is 0 Å². The standard InChI is InChI=1S/C19H26N2O2/c1-19(2,11-13-22-17-7-3-15(20)4-8-17)12-14-23-18-9-5-16(21)6-10-18/h3-10H,11-14,20-21H2,1-2H3. The van der Waals surface area contributed by atoms with Crippen LogP contribution in [0.3, 0.4) is 0 Å². The molecule has 4 nitrogen and oxygen atoms in total. The molecule has 2 aromatic carbocycles. The van der Waals surface area contributed by atoms with Crippen molar-refractivity contribution in [3.05, 3.63) is 48.5 Å². The topological polar surface area (TPSA) is 70.5 Å². The molecule has 0 aromatic heterocycles. The highest BCUT2D eigenvalue weighted by Gasteiger charge is 2.18. The van der Waals surface area contributed by atoms with Crippen LogP contribution in [0, 0.1) is 5.41 Å². The van der Waals surface area contributed by atoms with E-state index in [0.717, 1.165) is 35.7 Å². The van der Waals surface area contributed by atoms with Gasteiger partial charge in [-0.05, 0) is 66.8 Å². The molecule has 4 heteroatoms. The molecule has 0 bridgehead atoms. The predicted octanol–water partition coefficient (Wildman–Crippen LogP) is 4.12. The summed E-state index contributed by atoms with van der Waals surface area (Å²) in [5, 5.41) is 0. The average molecular weight is 314 g/mol. The van der Waals surface area contributed by atoms with E-state index in [0.29, 0.717) is 13.2 Å². The van der Waals surface area contributed by atoms with E-state index in [-0.39, 0.29) is 5.41 Å². The molecular formula is C19H26N2O2. The van der Waals surface area contributed by atoms with E-state index in [2.05, 4.69) is 13.8 Å². The minimum Gasteiger partial charge on any atom is -0.494 e. The number of benzene rings is 2. The van der Waals surface area contributed by atoms with Gasteiger partial charge < -0.3 is 20.9 Å². The quantitative estimate of drug-likeness (QED) is 0.719. The molecule has 2 rings (SSSR count). The largest absolute Gasteiger partial charge is 0.494 e. The summed E-state index contributed by atoms with van der Waals surface area (Å²) in [6.45, 7) is 5.81. The summed E-state index contributed by atoms with van der Waals surface area (Å²) in [4.78, 5) is 0. The summed E-state index contributed by atoms with van der Waals surface area (Å²) < 4.78 is 11.5. The van der Waals surface area contributed by atoms with Crippen LogP contribution in [0.4, 0.5) is 11.4 Å². The van der Waals surface area contributed by atoms with Crippen molar-refractivity contribution in [1.29, 1.82) is 0 Å². The molecule has 2 aromatic rings. The molecule has 0 saturated heterocycles. The van der Waals surface area contributed by atoms with Crippen LogP contribution in [0.1, 0.15) is 26.7 Å². The van der Waals surface area contributed by atoms with Gasteiger partial charge >= 0.3 is 0 Å². The van der Waals surface area contributed by atoms with E-state index in [1.165, 1.54) is 0 Å². The minimum absolute atomic E-state index is 0.154. The van der Waals surface area contributed by atoms with Gasteiger partial charge in [-0.25, -0.2) is 0 Å². The van der Waals surface area contributed by atoms with Gasteiger partial charge in [-0.1, -0.05) is 13.8 Å². The molecule has 0 heterocycles. The van der Waals surface area contributed by atoms with Gasteiger partial charge in [0.05, 0.1) is 13.2 Å². The summed E-state index contributed by atoms with van der Waals surface area (Å²) in [5.74, 6) is 1.71. The molecular weight excluding hydrogens is 288 g/mol. The number of hydrogen-bond acceptors (Lipinski definition) is 4. The van der Waals surface area contributed by atoms with Crippen molar-refractivity contribution in [3.63, 3.8) is 0 Å². The molecule has 0 atom stereocenters. The Labute approximate surface area is 138 Å². The van der Waals surface area contributed by atoms with Crippen molar-refractivity contribution in [1.82, 2.24) is 0 Å². The highest BCUT2D eigenvalue weighted by molar-refractivity contribution is 5.42. The highest BCUT2D eigenvalue weighted by Crippen LogP contribution is 2.26. The lowest BCUT2D eigenvalue weighted by molar-refractivity contribution is 0.181. The number of rotatable bonds is 8. The van der Waals surface area contributed by atoms with Crippen molar-refractivity contribution >= 4 is 11.4 Å². The summed E-state index contributed by atoms with van der Waals surface area (Å²) in [5.41, 5.74) is 13.0. The molecule has 0 radical (unpaired) electrons. The Morgan fingerprint density at radius 1 is 0.696 bits per heavy atom. The van der Waals surface area contributed by atoms with Crippen LogP contribution < -0.4 is 20.9 Å². The van der Waals surface area contributed by atoms with E-state index < -0.39 is 0 Å². The number of hydrogen-bond donors (Lipinski definition) is 2. The monoisotopic (exact) mass is 314 g/mol. The average Bonchev–Trinajstić information content (AvgIpc) is 2.51. The number of nitrogen functional groups attached to an aromatic ring is 2. The first-order chi connectivity index (χ1) is 10.9. The zero-order valence-electron chi connectivity index (χ0n) is 13.9. The maximum atomic E-state index is 5.76. The van der Waals surface area contributed by atoms with Crippen molar-refractivity contribution in [3.8, 4) is 11.5 Å². The van der Waals surface area contributed by atoms with E-state index in [4.69, 9.17) is 20.9 Å². The molecule has 0 unspecified atom stereocenters. The van der Waals surface area contributed by atoms with Gasteiger partial charge in [0, 0.05) is 11.4 Å². The first kappa shape index (κ1) is 17.0. The predicted molar refractivity (Wildman–Crippen MR) is 95.7 cm³/mol. The number of ether oxygens (including phenoxy) is 2. The molecule has 0 aliphatic heterocycles. The van der Waals surface area contributed by atoms with Crippen molar-refractivity contribution < 1.29 is 9.47 Å². The molecule has 0 saturated carbocycles. The van der Waals surface area contributed by atoms with Crippen LogP contribution in [-0.4, -0.2) is 13.2 Å². The molecule has 0 aliphatic carbocycles. The van der Waals surface area contributed by atoms with E-state index in [1.807, 2.05) is 48.5 Å². The fourth-order valence-corrected chi connectivity index (χ4v) is 2.14. The van der Waals surface area contributed by atoms with Crippen LogP contribution in [-0.2, 0) is 0 Å². The maximum Gasteiger partial charge on any atom is 0.119 e. The van der Waals surface area contributed by atoms with Gasteiger partial charge in [-0.2, -0.15) is 0 Å². The van der Waals surface area contributed by atoms with E-state index in [9.17, 15) is 0 Å². The van der Waals surface area contributed by atoms with Crippen LogP contribution in [0.15, 0.2) is 48.5 Å². The fourth-order valence-electron chi connectivity index (χ4n) is 2.14. The SMILES string of the molecule is CC(C)(CCOc1ccc(N)cc1)CCOc1ccc(N)cc1. The number of anilines is 2. The van der Waals surface area contributed by atoms with Gasteiger partial charge in [0.15, 0.2) is 0 Å². The second kappa shape index (κ2) is 7.77. The van der Waals surface area contributed by atoms with Gasteiger partial charge in [-0.3, -0.25) is 0 Å². The Hall–Kier alpha value is -2.36. The molecule has 124 valence electrons. The molecule has 0 fully saturated rings. The van der Waals surface area contributed by atoms with Crippen LogP contribution in [0.5, 0.6) is 11.5 Å². The summed E-state index contributed by atoms with van der Waals surface area (Å²) in [6.07, 6.45) is 1.92. The lowest BCUT2D eigenvalue weighted by atomic mass is 9.86. The van der Waals surface area contributed by atoms with Gasteiger partial charge in [0.1, 0.15) is 11.5 Å². The zero-order chi connectivity index (χ0) is 16.7. The third-order valence-electron chi connectivity index (χ3n) is 3.86. The van der Waals surface area contributed by atoms with Crippen LogP contribution >= 0.6 is 0 Å². The Kier molecular flexibility index (Phi) is 5.74. The molecule has 0 amide bonds. The normalized spacial score (nSPS) is 11.2. The molecule has 0 aliphatic rings. The van der Waals surface area contributed by atoms with Crippen molar-refractivity contribution in [2.75, 3.05) is 24.7 Å². The lowest BCUT2D eigenvalue weighted by Crippen LogP contribution is -2.19. The summed E-state index contributed by atoms with van der Waals surface area (Å²) >= 11 is 0. The second-order valence-corrected chi connectivity index (χ2v) is 6.50. The van der Waals surface area contributed by atoms with Gasteiger partial charge in [-0.15, -0.1) is 0 Å². The zero-order valence-corrected chi connectivity index (χ0v) is 13.9. The first-order valence-electron chi connectivity index (χ1n) is 7.91. The van der Waals surface area contributed by atoms with E-state index >= 15 is 0 Å².